The van der Waals surface area contributed by atoms with E-state index >= 15 is 0 Å². The van der Waals surface area contributed by atoms with Crippen LogP contribution in [-0.2, 0) is 9.53 Å². The molecule has 0 aliphatic rings. The Hall–Kier alpha value is -0.570. The molecule has 1 N–H and O–H groups in total. The predicted molar refractivity (Wildman–Crippen MR) is 56.0 cm³/mol. The van der Waals surface area contributed by atoms with E-state index in [0.29, 0.717) is 13.0 Å². The zero-order valence-corrected chi connectivity index (χ0v) is 9.29. The molecule has 0 fully saturated rings. The number of hydrogen-bond donors (Lipinski definition) is 1. The van der Waals surface area contributed by atoms with Gasteiger partial charge in [-0.2, -0.15) is 0 Å². The lowest BCUT2D eigenvalue weighted by Gasteiger charge is -2.09. The lowest BCUT2D eigenvalue weighted by Crippen LogP contribution is -2.16. The number of aliphatic hydroxyl groups is 1. The first-order chi connectivity index (χ1) is 6.70. The maximum Gasteiger partial charge on any atom is 0.308 e. The number of carbonyl (C=O) groups is 1. The van der Waals surface area contributed by atoms with Crippen molar-refractivity contribution in [2.45, 2.75) is 58.5 Å². The number of esters is 1. The molecule has 1 atom stereocenters. The van der Waals surface area contributed by atoms with E-state index in [4.69, 9.17) is 4.74 Å². The van der Waals surface area contributed by atoms with Gasteiger partial charge in [0.15, 0.2) is 0 Å². The summed E-state index contributed by atoms with van der Waals surface area (Å²) >= 11 is 0. The minimum Gasteiger partial charge on any atom is -0.466 e. The summed E-state index contributed by atoms with van der Waals surface area (Å²) in [5.74, 6) is -0.276. The molecule has 14 heavy (non-hydrogen) atoms. The minimum absolute atomic E-state index is 0.143. The number of rotatable bonds is 8. The first-order valence-electron chi connectivity index (χ1n) is 5.54. The molecule has 0 heterocycles. The van der Waals surface area contributed by atoms with Crippen molar-refractivity contribution >= 4 is 5.97 Å². The second kappa shape index (κ2) is 9.00. The molecule has 3 nitrogen and oxygen atoms in total. The van der Waals surface area contributed by atoms with Crippen LogP contribution in [0, 0.1) is 0 Å². The standard InChI is InChI=1S/C11H22O3/c1-3-5-7-10(12)9-11(13)14-8-6-4-2/h10,12H,3-9H2,1-2H3. The van der Waals surface area contributed by atoms with Crippen molar-refractivity contribution in [3.05, 3.63) is 0 Å². The van der Waals surface area contributed by atoms with Gasteiger partial charge in [-0.15, -0.1) is 0 Å². The highest BCUT2D eigenvalue weighted by Gasteiger charge is 2.10. The van der Waals surface area contributed by atoms with Gasteiger partial charge in [0.1, 0.15) is 0 Å². The van der Waals surface area contributed by atoms with Gasteiger partial charge < -0.3 is 9.84 Å². The normalized spacial score (nSPS) is 12.5. The summed E-state index contributed by atoms with van der Waals surface area (Å²) in [6.45, 7) is 4.59. The highest BCUT2D eigenvalue weighted by atomic mass is 16.5. The summed E-state index contributed by atoms with van der Waals surface area (Å²) in [6.07, 6.45) is 4.24. The Kier molecular flexibility index (Phi) is 8.64. The molecule has 0 rings (SSSR count). The van der Waals surface area contributed by atoms with Gasteiger partial charge in [-0.1, -0.05) is 33.1 Å². The van der Waals surface area contributed by atoms with Crippen LogP contribution in [0.2, 0.25) is 0 Å². The maximum atomic E-state index is 11.1. The summed E-state index contributed by atoms with van der Waals surface area (Å²) in [7, 11) is 0. The third kappa shape index (κ3) is 8.05. The lowest BCUT2D eigenvalue weighted by atomic mass is 10.1. The van der Waals surface area contributed by atoms with Crippen LogP contribution in [0.15, 0.2) is 0 Å². The second-order valence-corrected chi connectivity index (χ2v) is 3.57. The van der Waals surface area contributed by atoms with Crippen LogP contribution in [0.5, 0.6) is 0 Å². The number of hydrogen-bond acceptors (Lipinski definition) is 3. The second-order valence-electron chi connectivity index (χ2n) is 3.57. The molecule has 0 aromatic carbocycles. The van der Waals surface area contributed by atoms with E-state index in [-0.39, 0.29) is 12.4 Å². The summed E-state index contributed by atoms with van der Waals surface area (Å²) in [6, 6.07) is 0. The summed E-state index contributed by atoms with van der Waals surface area (Å²) < 4.78 is 4.93. The van der Waals surface area contributed by atoms with Gasteiger partial charge in [0.05, 0.1) is 19.1 Å². The highest BCUT2D eigenvalue weighted by molar-refractivity contribution is 5.69. The summed E-state index contributed by atoms with van der Waals surface area (Å²) in [4.78, 5) is 11.1. The summed E-state index contributed by atoms with van der Waals surface area (Å²) in [5.41, 5.74) is 0. The minimum atomic E-state index is -0.524. The van der Waals surface area contributed by atoms with E-state index in [1.54, 1.807) is 0 Å². The zero-order chi connectivity index (χ0) is 10.8. The van der Waals surface area contributed by atoms with E-state index < -0.39 is 6.10 Å². The molecular weight excluding hydrogens is 180 g/mol. The smallest absolute Gasteiger partial charge is 0.308 e. The fourth-order valence-corrected chi connectivity index (χ4v) is 1.12. The molecule has 0 aromatic heterocycles. The average molecular weight is 202 g/mol. The highest BCUT2D eigenvalue weighted by Crippen LogP contribution is 2.05. The number of ether oxygens (including phenoxy) is 1. The van der Waals surface area contributed by atoms with Gasteiger partial charge in [0.25, 0.3) is 0 Å². The Balaban J connectivity index is 3.40. The van der Waals surface area contributed by atoms with E-state index in [2.05, 4.69) is 6.92 Å². The van der Waals surface area contributed by atoms with E-state index in [0.717, 1.165) is 25.7 Å². The van der Waals surface area contributed by atoms with E-state index in [1.165, 1.54) is 0 Å². The molecule has 0 saturated heterocycles. The molecule has 84 valence electrons. The first-order valence-corrected chi connectivity index (χ1v) is 5.54. The Morgan fingerprint density at radius 2 is 1.93 bits per heavy atom. The van der Waals surface area contributed by atoms with Crippen LogP contribution >= 0.6 is 0 Å². The maximum absolute atomic E-state index is 11.1. The van der Waals surface area contributed by atoms with Gasteiger partial charge in [-0.25, -0.2) is 0 Å². The molecule has 1 unspecified atom stereocenters. The first kappa shape index (κ1) is 13.4. The molecular formula is C11H22O3. The Bertz CT molecular complexity index is 145. The molecule has 0 aliphatic carbocycles. The predicted octanol–water partition coefficient (Wildman–Crippen LogP) is 2.27. The molecule has 0 saturated carbocycles. The molecule has 0 amide bonds. The largest absolute Gasteiger partial charge is 0.466 e. The zero-order valence-electron chi connectivity index (χ0n) is 9.29. The molecule has 0 bridgehead atoms. The van der Waals surface area contributed by atoms with Crippen molar-refractivity contribution in [3.63, 3.8) is 0 Å². The van der Waals surface area contributed by atoms with Crippen molar-refractivity contribution in [3.8, 4) is 0 Å². The molecule has 0 aromatic rings. The number of unbranched alkanes of at least 4 members (excludes halogenated alkanes) is 2. The van der Waals surface area contributed by atoms with E-state index in [1.807, 2.05) is 6.92 Å². The number of carbonyl (C=O) groups excluding carboxylic acids is 1. The van der Waals surface area contributed by atoms with Crippen LogP contribution in [0.1, 0.15) is 52.4 Å². The van der Waals surface area contributed by atoms with Crippen LogP contribution in [0.3, 0.4) is 0 Å². The Morgan fingerprint density at radius 1 is 1.29 bits per heavy atom. The molecule has 0 aliphatic heterocycles. The van der Waals surface area contributed by atoms with Gasteiger partial charge in [0, 0.05) is 0 Å². The Labute approximate surface area is 86.5 Å². The topological polar surface area (TPSA) is 46.5 Å². The fraction of sp³-hybridized carbons (Fsp3) is 0.909. The van der Waals surface area contributed by atoms with E-state index in [9.17, 15) is 9.90 Å². The molecule has 0 radical (unpaired) electrons. The lowest BCUT2D eigenvalue weighted by molar-refractivity contribution is -0.146. The summed E-state index contributed by atoms with van der Waals surface area (Å²) in [5, 5.41) is 9.41. The fourth-order valence-electron chi connectivity index (χ4n) is 1.12. The van der Waals surface area contributed by atoms with Crippen molar-refractivity contribution < 1.29 is 14.6 Å². The average Bonchev–Trinajstić information content (AvgIpc) is 2.15. The van der Waals surface area contributed by atoms with Crippen molar-refractivity contribution in [2.24, 2.45) is 0 Å². The van der Waals surface area contributed by atoms with Crippen LogP contribution in [-0.4, -0.2) is 23.8 Å². The van der Waals surface area contributed by atoms with Crippen LogP contribution < -0.4 is 0 Å². The third-order valence-corrected chi connectivity index (χ3v) is 2.05. The monoisotopic (exact) mass is 202 g/mol. The van der Waals surface area contributed by atoms with Crippen molar-refractivity contribution in [2.75, 3.05) is 6.61 Å². The molecule has 0 spiro atoms. The van der Waals surface area contributed by atoms with Gasteiger partial charge in [-0.3, -0.25) is 4.79 Å². The van der Waals surface area contributed by atoms with Crippen molar-refractivity contribution in [1.82, 2.24) is 0 Å². The quantitative estimate of drug-likeness (QED) is 0.485. The Morgan fingerprint density at radius 3 is 2.50 bits per heavy atom. The van der Waals surface area contributed by atoms with Gasteiger partial charge >= 0.3 is 5.97 Å². The molecule has 3 heteroatoms. The van der Waals surface area contributed by atoms with Gasteiger partial charge in [-0.05, 0) is 12.8 Å². The SMILES string of the molecule is CCCCOC(=O)CC(O)CCCC. The van der Waals surface area contributed by atoms with Crippen LogP contribution in [0.4, 0.5) is 0 Å². The van der Waals surface area contributed by atoms with Crippen molar-refractivity contribution in [1.29, 1.82) is 0 Å². The third-order valence-electron chi connectivity index (χ3n) is 2.05. The van der Waals surface area contributed by atoms with Crippen LogP contribution in [0.25, 0.3) is 0 Å². The van der Waals surface area contributed by atoms with Gasteiger partial charge in [0.2, 0.25) is 0 Å². The number of aliphatic hydroxyl groups excluding tert-OH is 1.